The molecule has 1 heterocycles. The smallest absolute Gasteiger partial charge is 0.340 e. The van der Waals surface area contributed by atoms with Crippen molar-refractivity contribution in [3.63, 3.8) is 0 Å². The van der Waals surface area contributed by atoms with Gasteiger partial charge in [0.2, 0.25) is 0 Å². The molecule has 0 fully saturated rings. The lowest BCUT2D eigenvalue weighted by Gasteiger charge is -2.19. The Kier molecular flexibility index (Phi) is 3.12. The zero-order valence-electron chi connectivity index (χ0n) is 8.70. The van der Waals surface area contributed by atoms with E-state index >= 15 is 0 Å². The van der Waals surface area contributed by atoms with Gasteiger partial charge in [-0.15, -0.1) is 0 Å². The Labute approximate surface area is 84.1 Å². The Morgan fingerprint density at radius 3 is 2.71 bits per heavy atom. The first-order chi connectivity index (χ1) is 6.49. The van der Waals surface area contributed by atoms with Gasteiger partial charge in [-0.05, 0) is 32.9 Å². The molecule has 0 atom stereocenters. The summed E-state index contributed by atoms with van der Waals surface area (Å²) in [5, 5.41) is 2.86. The first kappa shape index (κ1) is 10.6. The molecule has 0 aromatic rings. The normalized spacial score (nSPS) is 15.5. The van der Waals surface area contributed by atoms with Gasteiger partial charge in [0.05, 0.1) is 5.57 Å². The van der Waals surface area contributed by atoms with Crippen molar-refractivity contribution in [2.24, 2.45) is 0 Å². The van der Waals surface area contributed by atoms with Crippen molar-refractivity contribution in [1.29, 1.82) is 0 Å². The van der Waals surface area contributed by atoms with Crippen molar-refractivity contribution in [1.82, 2.24) is 5.32 Å². The van der Waals surface area contributed by atoms with Crippen LogP contribution in [0.4, 0.5) is 0 Å². The molecule has 0 unspecified atom stereocenters. The SMILES string of the molecule is CC(C)(C)OC(=O)C1=CNC=CC=C1. The van der Waals surface area contributed by atoms with Crippen LogP contribution in [0.1, 0.15) is 20.8 Å². The predicted molar refractivity (Wildman–Crippen MR) is 55.3 cm³/mol. The average Bonchev–Trinajstić information content (AvgIpc) is 2.27. The maximum atomic E-state index is 11.6. The average molecular weight is 193 g/mol. The fourth-order valence-electron chi connectivity index (χ4n) is 0.920. The molecule has 1 aliphatic rings. The molecule has 0 aromatic heterocycles. The van der Waals surface area contributed by atoms with Crippen LogP contribution in [0.3, 0.4) is 0 Å². The molecular weight excluding hydrogens is 178 g/mol. The summed E-state index contributed by atoms with van der Waals surface area (Å²) in [6, 6.07) is 0. The summed E-state index contributed by atoms with van der Waals surface area (Å²) < 4.78 is 5.21. The lowest BCUT2D eigenvalue weighted by atomic mass is 10.2. The number of carbonyl (C=O) groups excluding carboxylic acids is 1. The summed E-state index contributed by atoms with van der Waals surface area (Å²) in [6.45, 7) is 5.53. The van der Waals surface area contributed by atoms with Crippen LogP contribution in [0.25, 0.3) is 0 Å². The van der Waals surface area contributed by atoms with E-state index in [4.69, 9.17) is 4.74 Å². The van der Waals surface area contributed by atoms with E-state index in [1.807, 2.05) is 26.8 Å². The summed E-state index contributed by atoms with van der Waals surface area (Å²) in [5.41, 5.74) is 0.0656. The van der Waals surface area contributed by atoms with Crippen molar-refractivity contribution < 1.29 is 9.53 Å². The van der Waals surface area contributed by atoms with Crippen molar-refractivity contribution >= 4 is 5.97 Å². The summed E-state index contributed by atoms with van der Waals surface area (Å²) in [6.07, 6.45) is 8.68. The minimum atomic E-state index is -0.453. The molecule has 0 aromatic carbocycles. The Bertz CT molecular complexity index is 306. The summed E-state index contributed by atoms with van der Waals surface area (Å²) in [5.74, 6) is -0.315. The number of carbonyl (C=O) groups is 1. The molecule has 0 aliphatic carbocycles. The van der Waals surface area contributed by atoms with E-state index in [9.17, 15) is 4.79 Å². The lowest BCUT2D eigenvalue weighted by Crippen LogP contribution is -2.24. The molecule has 1 rings (SSSR count). The van der Waals surface area contributed by atoms with Gasteiger partial charge >= 0.3 is 5.97 Å². The van der Waals surface area contributed by atoms with Gasteiger partial charge in [-0.1, -0.05) is 6.08 Å². The van der Waals surface area contributed by atoms with Crippen LogP contribution in [-0.2, 0) is 9.53 Å². The second-order valence-electron chi connectivity index (χ2n) is 3.99. The molecule has 0 amide bonds. The zero-order chi connectivity index (χ0) is 10.6. The van der Waals surface area contributed by atoms with Gasteiger partial charge in [0.25, 0.3) is 0 Å². The number of ether oxygens (including phenoxy) is 1. The number of hydrogen-bond donors (Lipinski definition) is 1. The van der Waals surface area contributed by atoms with Crippen molar-refractivity contribution in [2.75, 3.05) is 0 Å². The highest BCUT2D eigenvalue weighted by Gasteiger charge is 2.18. The quantitative estimate of drug-likeness (QED) is 0.646. The monoisotopic (exact) mass is 193 g/mol. The maximum Gasteiger partial charge on any atom is 0.340 e. The van der Waals surface area contributed by atoms with Crippen molar-refractivity contribution in [3.8, 4) is 0 Å². The molecule has 0 radical (unpaired) electrons. The van der Waals surface area contributed by atoms with Crippen LogP contribution in [0.15, 0.2) is 36.2 Å². The first-order valence-corrected chi connectivity index (χ1v) is 4.52. The minimum Gasteiger partial charge on any atom is -0.456 e. The van der Waals surface area contributed by atoms with Gasteiger partial charge in [0.1, 0.15) is 5.60 Å². The molecular formula is C11H15NO2. The highest BCUT2D eigenvalue weighted by Crippen LogP contribution is 2.11. The van der Waals surface area contributed by atoms with Crippen molar-refractivity contribution in [3.05, 3.63) is 36.2 Å². The summed E-state index contributed by atoms with van der Waals surface area (Å²) in [4.78, 5) is 11.6. The van der Waals surface area contributed by atoms with Crippen LogP contribution >= 0.6 is 0 Å². The first-order valence-electron chi connectivity index (χ1n) is 4.52. The molecule has 1 aliphatic heterocycles. The molecule has 3 heteroatoms. The van der Waals surface area contributed by atoms with Gasteiger partial charge in [-0.3, -0.25) is 0 Å². The molecule has 14 heavy (non-hydrogen) atoms. The van der Waals surface area contributed by atoms with Crippen LogP contribution < -0.4 is 5.32 Å². The van der Waals surface area contributed by atoms with E-state index in [1.54, 1.807) is 24.6 Å². The number of nitrogens with one attached hydrogen (secondary N) is 1. The van der Waals surface area contributed by atoms with E-state index in [2.05, 4.69) is 5.32 Å². The number of esters is 1. The Morgan fingerprint density at radius 1 is 1.36 bits per heavy atom. The third-order valence-electron chi connectivity index (χ3n) is 1.45. The Hall–Kier alpha value is -1.51. The molecule has 1 N–H and O–H groups in total. The van der Waals surface area contributed by atoms with Crippen LogP contribution in [0, 0.1) is 0 Å². The molecule has 3 nitrogen and oxygen atoms in total. The number of allylic oxidation sites excluding steroid dienone is 2. The fraction of sp³-hybridized carbons (Fsp3) is 0.364. The topological polar surface area (TPSA) is 38.3 Å². The standard InChI is InChI=1S/C11H15NO2/c1-11(2,3)14-10(13)9-6-4-5-7-12-8-9/h4-8,12H,1-3H3. The van der Waals surface area contributed by atoms with Gasteiger partial charge in [0.15, 0.2) is 0 Å². The highest BCUT2D eigenvalue weighted by molar-refractivity contribution is 5.91. The van der Waals surface area contributed by atoms with Gasteiger partial charge < -0.3 is 10.1 Å². The summed E-state index contributed by atoms with van der Waals surface area (Å²) in [7, 11) is 0. The molecule has 76 valence electrons. The largest absolute Gasteiger partial charge is 0.456 e. The van der Waals surface area contributed by atoms with E-state index in [1.165, 1.54) is 0 Å². The second-order valence-corrected chi connectivity index (χ2v) is 3.99. The van der Waals surface area contributed by atoms with E-state index in [0.29, 0.717) is 5.57 Å². The number of rotatable bonds is 1. The Balaban J connectivity index is 2.66. The molecule has 0 bridgehead atoms. The zero-order valence-corrected chi connectivity index (χ0v) is 8.70. The highest BCUT2D eigenvalue weighted by atomic mass is 16.6. The second kappa shape index (κ2) is 4.13. The van der Waals surface area contributed by atoms with Crippen LogP contribution in [-0.4, -0.2) is 11.6 Å². The van der Waals surface area contributed by atoms with E-state index in [-0.39, 0.29) is 5.97 Å². The lowest BCUT2D eigenvalue weighted by molar-refractivity contribution is -0.149. The molecule has 0 spiro atoms. The molecule has 0 saturated carbocycles. The van der Waals surface area contributed by atoms with E-state index < -0.39 is 5.60 Å². The fourth-order valence-corrected chi connectivity index (χ4v) is 0.920. The third kappa shape index (κ3) is 3.47. The van der Waals surface area contributed by atoms with Crippen LogP contribution in [0.2, 0.25) is 0 Å². The third-order valence-corrected chi connectivity index (χ3v) is 1.45. The minimum absolute atomic E-state index is 0.315. The number of hydrogen-bond acceptors (Lipinski definition) is 3. The van der Waals surface area contributed by atoms with E-state index in [0.717, 1.165) is 0 Å². The Morgan fingerprint density at radius 2 is 2.07 bits per heavy atom. The van der Waals surface area contributed by atoms with Gasteiger partial charge in [-0.25, -0.2) is 4.79 Å². The van der Waals surface area contributed by atoms with Crippen LogP contribution in [0.5, 0.6) is 0 Å². The van der Waals surface area contributed by atoms with Gasteiger partial charge in [0, 0.05) is 12.4 Å². The summed E-state index contributed by atoms with van der Waals surface area (Å²) >= 11 is 0. The predicted octanol–water partition coefficient (Wildman–Crippen LogP) is 1.89. The maximum absolute atomic E-state index is 11.6. The van der Waals surface area contributed by atoms with Crippen molar-refractivity contribution in [2.45, 2.75) is 26.4 Å². The molecule has 0 saturated heterocycles. The van der Waals surface area contributed by atoms with Gasteiger partial charge in [-0.2, -0.15) is 0 Å².